The number of carbonyl (C=O) groups excluding carboxylic acids is 2. The summed E-state index contributed by atoms with van der Waals surface area (Å²) in [7, 11) is 0. The maximum Gasteiger partial charge on any atom is 0.291 e. The Balaban J connectivity index is 1.51. The van der Waals surface area contributed by atoms with Crippen molar-refractivity contribution in [3.8, 4) is 0 Å². The van der Waals surface area contributed by atoms with Crippen LogP contribution in [0.1, 0.15) is 57.0 Å². The molecule has 2 aromatic carbocycles. The molecule has 2 N–H and O–H groups in total. The zero-order valence-electron chi connectivity index (χ0n) is 18.6. The summed E-state index contributed by atoms with van der Waals surface area (Å²) in [6, 6.07) is 15.4. The molecule has 0 atom stereocenters. The molecule has 1 aliphatic rings. The van der Waals surface area contributed by atoms with Crippen LogP contribution < -0.4 is 10.7 Å². The van der Waals surface area contributed by atoms with Crippen LogP contribution in [0.15, 0.2) is 58.0 Å². The standard InChI is InChI=1S/C26H27N3O3/c1-16-12-13-20(14-17(16)2)27-26(31)25-18(3)24-21(10-7-11-22(24)32-25)28-29-23(30)15-19-8-5-4-6-9-19/h4-6,8-9,12-14H,7,10-11,15H2,1-3H3,(H,27,31)(H,29,30)/b28-21+. The van der Waals surface area contributed by atoms with Gasteiger partial charge in [0.05, 0.1) is 12.1 Å². The van der Waals surface area contributed by atoms with E-state index in [0.29, 0.717) is 5.76 Å². The Hall–Kier alpha value is -3.67. The average Bonchev–Trinajstić information content (AvgIpc) is 3.13. The van der Waals surface area contributed by atoms with E-state index in [-0.39, 0.29) is 18.2 Å². The van der Waals surface area contributed by atoms with Crippen molar-refractivity contribution in [2.45, 2.75) is 46.5 Å². The molecule has 0 bridgehead atoms. The first-order valence-electron chi connectivity index (χ1n) is 10.8. The summed E-state index contributed by atoms with van der Waals surface area (Å²) in [5.74, 6) is 0.575. The maximum atomic E-state index is 12.9. The lowest BCUT2D eigenvalue weighted by molar-refractivity contribution is -0.120. The number of nitrogens with zero attached hydrogens (tertiary/aromatic N) is 1. The molecule has 0 unspecified atom stereocenters. The lowest BCUT2D eigenvalue weighted by atomic mass is 9.93. The quantitative estimate of drug-likeness (QED) is 0.568. The molecule has 4 rings (SSSR count). The number of hydrogen-bond acceptors (Lipinski definition) is 4. The van der Waals surface area contributed by atoms with Crippen molar-refractivity contribution < 1.29 is 14.0 Å². The Kier molecular flexibility index (Phi) is 6.21. The zero-order valence-corrected chi connectivity index (χ0v) is 18.6. The molecular formula is C26H27N3O3. The number of anilines is 1. The van der Waals surface area contributed by atoms with Gasteiger partial charge in [0.25, 0.3) is 5.91 Å². The van der Waals surface area contributed by atoms with Gasteiger partial charge in [-0.2, -0.15) is 5.10 Å². The highest BCUT2D eigenvalue weighted by atomic mass is 16.4. The van der Waals surface area contributed by atoms with Crippen LogP contribution in [0.5, 0.6) is 0 Å². The molecule has 32 heavy (non-hydrogen) atoms. The fourth-order valence-electron chi connectivity index (χ4n) is 3.95. The van der Waals surface area contributed by atoms with Crippen LogP contribution in [-0.2, 0) is 17.6 Å². The van der Waals surface area contributed by atoms with Crippen molar-refractivity contribution >= 4 is 23.2 Å². The number of nitrogens with one attached hydrogen (secondary N) is 2. The molecule has 1 heterocycles. The van der Waals surface area contributed by atoms with E-state index in [1.807, 2.05) is 69.3 Å². The van der Waals surface area contributed by atoms with Gasteiger partial charge in [-0.3, -0.25) is 9.59 Å². The van der Waals surface area contributed by atoms with E-state index in [0.717, 1.165) is 58.7 Å². The second kappa shape index (κ2) is 9.22. The van der Waals surface area contributed by atoms with E-state index < -0.39 is 0 Å². The van der Waals surface area contributed by atoms with Crippen molar-refractivity contribution in [3.05, 3.63) is 87.9 Å². The van der Waals surface area contributed by atoms with Crippen LogP contribution in [0.4, 0.5) is 5.69 Å². The molecule has 0 radical (unpaired) electrons. The molecular weight excluding hydrogens is 402 g/mol. The number of benzene rings is 2. The van der Waals surface area contributed by atoms with E-state index in [1.165, 1.54) is 5.56 Å². The number of fused-ring (bicyclic) bond motifs is 1. The highest BCUT2D eigenvalue weighted by Crippen LogP contribution is 2.30. The fourth-order valence-corrected chi connectivity index (χ4v) is 3.95. The average molecular weight is 430 g/mol. The summed E-state index contributed by atoms with van der Waals surface area (Å²) in [6.45, 7) is 5.91. The number of hydrazone groups is 1. The van der Waals surface area contributed by atoms with Crippen LogP contribution in [0.25, 0.3) is 0 Å². The Morgan fingerprint density at radius 3 is 2.53 bits per heavy atom. The van der Waals surface area contributed by atoms with Gasteiger partial charge < -0.3 is 9.73 Å². The SMILES string of the molecule is Cc1ccc(NC(=O)c2oc3c(c2C)/C(=N/NC(=O)Cc2ccccc2)CCC3)cc1C. The highest BCUT2D eigenvalue weighted by molar-refractivity contribution is 6.09. The Morgan fingerprint density at radius 2 is 1.78 bits per heavy atom. The predicted molar refractivity (Wildman–Crippen MR) is 125 cm³/mol. The first-order valence-corrected chi connectivity index (χ1v) is 10.8. The predicted octanol–water partition coefficient (Wildman–Crippen LogP) is 4.86. The molecule has 0 fully saturated rings. The monoisotopic (exact) mass is 429 g/mol. The van der Waals surface area contributed by atoms with Gasteiger partial charge in [-0.1, -0.05) is 36.4 Å². The summed E-state index contributed by atoms with van der Waals surface area (Å²) in [4.78, 5) is 25.2. The van der Waals surface area contributed by atoms with E-state index in [9.17, 15) is 9.59 Å². The lowest BCUT2D eigenvalue weighted by Gasteiger charge is -2.13. The molecule has 6 nitrogen and oxygen atoms in total. The van der Waals surface area contributed by atoms with Crippen LogP contribution in [0.2, 0.25) is 0 Å². The largest absolute Gasteiger partial charge is 0.455 e. The van der Waals surface area contributed by atoms with E-state index in [2.05, 4.69) is 15.8 Å². The molecule has 0 spiro atoms. The maximum absolute atomic E-state index is 12.9. The minimum absolute atomic E-state index is 0.176. The zero-order chi connectivity index (χ0) is 22.7. The molecule has 2 amide bonds. The smallest absolute Gasteiger partial charge is 0.291 e. The third kappa shape index (κ3) is 4.64. The van der Waals surface area contributed by atoms with Gasteiger partial charge in [-0.05, 0) is 62.4 Å². The van der Waals surface area contributed by atoms with Gasteiger partial charge in [-0.15, -0.1) is 0 Å². The highest BCUT2D eigenvalue weighted by Gasteiger charge is 2.28. The summed E-state index contributed by atoms with van der Waals surface area (Å²) in [5, 5.41) is 7.31. The molecule has 1 aromatic heterocycles. The van der Waals surface area contributed by atoms with E-state index in [4.69, 9.17) is 4.42 Å². The van der Waals surface area contributed by atoms with Crippen molar-refractivity contribution in [1.82, 2.24) is 5.43 Å². The Bertz CT molecular complexity index is 1190. The molecule has 1 aliphatic carbocycles. The van der Waals surface area contributed by atoms with Crippen LogP contribution in [-0.4, -0.2) is 17.5 Å². The summed E-state index contributed by atoms with van der Waals surface area (Å²) >= 11 is 0. The number of carbonyl (C=O) groups is 2. The van der Waals surface area contributed by atoms with Gasteiger partial charge in [-0.25, -0.2) is 5.43 Å². The van der Waals surface area contributed by atoms with Crippen LogP contribution >= 0.6 is 0 Å². The molecule has 3 aromatic rings. The van der Waals surface area contributed by atoms with Crippen LogP contribution in [0.3, 0.4) is 0 Å². The van der Waals surface area contributed by atoms with Crippen molar-refractivity contribution in [3.63, 3.8) is 0 Å². The Morgan fingerprint density at radius 1 is 1.00 bits per heavy atom. The first kappa shape index (κ1) is 21.6. The van der Waals surface area contributed by atoms with Crippen LogP contribution in [0, 0.1) is 20.8 Å². The summed E-state index contributed by atoms with van der Waals surface area (Å²) in [5.41, 5.74) is 8.94. The van der Waals surface area contributed by atoms with Gasteiger partial charge in [0, 0.05) is 23.2 Å². The normalized spacial score (nSPS) is 14.2. The van der Waals surface area contributed by atoms with E-state index >= 15 is 0 Å². The topological polar surface area (TPSA) is 83.7 Å². The van der Waals surface area contributed by atoms with Gasteiger partial charge in [0.1, 0.15) is 5.76 Å². The summed E-state index contributed by atoms with van der Waals surface area (Å²) < 4.78 is 5.95. The van der Waals surface area contributed by atoms with Crippen molar-refractivity contribution in [2.75, 3.05) is 5.32 Å². The lowest BCUT2D eigenvalue weighted by Crippen LogP contribution is -2.23. The second-order valence-electron chi connectivity index (χ2n) is 8.22. The van der Waals surface area contributed by atoms with Crippen molar-refractivity contribution in [2.24, 2.45) is 5.10 Å². The summed E-state index contributed by atoms with van der Waals surface area (Å²) in [6.07, 6.45) is 2.57. The van der Waals surface area contributed by atoms with E-state index in [1.54, 1.807) is 0 Å². The van der Waals surface area contributed by atoms with Gasteiger partial charge in [0.2, 0.25) is 5.91 Å². The van der Waals surface area contributed by atoms with Gasteiger partial charge >= 0.3 is 0 Å². The van der Waals surface area contributed by atoms with Gasteiger partial charge in [0.15, 0.2) is 5.76 Å². The minimum atomic E-state index is -0.285. The third-order valence-electron chi connectivity index (χ3n) is 5.82. The molecule has 164 valence electrons. The number of amides is 2. The third-order valence-corrected chi connectivity index (χ3v) is 5.82. The Labute approximate surface area is 187 Å². The van der Waals surface area contributed by atoms with Crippen molar-refractivity contribution in [1.29, 1.82) is 0 Å². The number of furan rings is 1. The molecule has 0 saturated carbocycles. The number of aryl methyl sites for hydroxylation is 3. The second-order valence-corrected chi connectivity index (χ2v) is 8.22. The molecule has 0 saturated heterocycles. The number of hydrogen-bond donors (Lipinski definition) is 2. The minimum Gasteiger partial charge on any atom is -0.455 e. The fraction of sp³-hybridized carbons (Fsp3) is 0.269. The molecule has 6 heteroatoms. The number of rotatable bonds is 5. The molecule has 0 aliphatic heterocycles. The first-order chi connectivity index (χ1) is 15.4.